The predicted molar refractivity (Wildman–Crippen MR) is 109 cm³/mol. The van der Waals surface area contributed by atoms with E-state index < -0.39 is 12.2 Å². The van der Waals surface area contributed by atoms with Crippen molar-refractivity contribution < 1.29 is 27.8 Å². The van der Waals surface area contributed by atoms with Crippen molar-refractivity contribution in [3.63, 3.8) is 0 Å². The third-order valence-corrected chi connectivity index (χ3v) is 5.32. The smallest absolute Gasteiger partial charge is 0.387 e. The van der Waals surface area contributed by atoms with E-state index in [1.807, 2.05) is 17.8 Å². The molecule has 1 amide bonds. The Morgan fingerprint density at radius 1 is 1.35 bits per heavy atom. The second-order valence-corrected chi connectivity index (χ2v) is 7.37. The van der Waals surface area contributed by atoms with Gasteiger partial charge in [0.2, 0.25) is 5.91 Å². The number of anilines is 1. The van der Waals surface area contributed by atoms with Crippen molar-refractivity contribution >= 4 is 22.6 Å². The Morgan fingerprint density at radius 2 is 2.16 bits per heavy atom. The van der Waals surface area contributed by atoms with E-state index in [2.05, 4.69) is 10.3 Å². The quantitative estimate of drug-likeness (QED) is 0.642. The molecule has 0 spiro atoms. The van der Waals surface area contributed by atoms with Gasteiger partial charge in [-0.2, -0.15) is 8.78 Å². The van der Waals surface area contributed by atoms with E-state index in [1.54, 1.807) is 19.4 Å². The number of amides is 1. The third kappa shape index (κ3) is 4.08. The zero-order valence-corrected chi connectivity index (χ0v) is 17.3. The summed E-state index contributed by atoms with van der Waals surface area (Å²) >= 11 is 0. The summed E-state index contributed by atoms with van der Waals surface area (Å²) in [7, 11) is 3.38. The lowest BCUT2D eigenvalue weighted by Gasteiger charge is -2.26. The predicted octanol–water partition coefficient (Wildman–Crippen LogP) is 3.46. The van der Waals surface area contributed by atoms with Crippen LogP contribution >= 0.6 is 0 Å². The summed E-state index contributed by atoms with van der Waals surface area (Å²) < 4.78 is 43.8. The number of pyridine rings is 2. The molecule has 1 N–H and O–H groups in total. The number of fused-ring (bicyclic) bond motifs is 1. The highest BCUT2D eigenvalue weighted by atomic mass is 19.3. The van der Waals surface area contributed by atoms with E-state index in [0.29, 0.717) is 35.8 Å². The zero-order valence-electron chi connectivity index (χ0n) is 17.3. The summed E-state index contributed by atoms with van der Waals surface area (Å²) in [4.78, 5) is 20.4. The molecule has 3 aromatic rings. The summed E-state index contributed by atoms with van der Waals surface area (Å²) in [5.41, 5.74) is 1.51. The molecule has 4 rings (SSSR count). The number of nitrogens with one attached hydrogen (secondary N) is 1. The van der Waals surface area contributed by atoms with Gasteiger partial charge in [0.15, 0.2) is 0 Å². The van der Waals surface area contributed by atoms with Gasteiger partial charge in [0.25, 0.3) is 0 Å². The SMILES string of the molecule is COC1(c2cc(OC(F)F)cc(-c3cn(C)c4cnc(NC(C)=O)cc34)n2)CCOC1. The van der Waals surface area contributed by atoms with Crippen LogP contribution in [-0.2, 0) is 26.9 Å². The number of aromatic nitrogens is 3. The van der Waals surface area contributed by atoms with Crippen molar-refractivity contribution in [2.24, 2.45) is 7.05 Å². The minimum Gasteiger partial charge on any atom is -0.435 e. The fourth-order valence-corrected chi connectivity index (χ4v) is 3.79. The number of methoxy groups -OCH3 is 1. The number of carbonyl (C=O) groups is 1. The van der Waals surface area contributed by atoms with E-state index in [1.165, 1.54) is 19.1 Å². The van der Waals surface area contributed by atoms with Crippen LogP contribution in [0.15, 0.2) is 30.6 Å². The van der Waals surface area contributed by atoms with Gasteiger partial charge in [0, 0.05) is 63.4 Å². The number of ether oxygens (including phenoxy) is 3. The van der Waals surface area contributed by atoms with Crippen LogP contribution in [0.5, 0.6) is 5.75 Å². The maximum Gasteiger partial charge on any atom is 0.387 e. The first-order chi connectivity index (χ1) is 14.8. The van der Waals surface area contributed by atoms with Gasteiger partial charge in [-0.25, -0.2) is 9.97 Å². The van der Waals surface area contributed by atoms with Crippen molar-refractivity contribution in [1.29, 1.82) is 0 Å². The highest BCUT2D eigenvalue weighted by Crippen LogP contribution is 2.38. The van der Waals surface area contributed by atoms with E-state index in [-0.39, 0.29) is 18.3 Å². The molecule has 0 saturated carbocycles. The molecule has 1 aliphatic heterocycles. The first-order valence-corrected chi connectivity index (χ1v) is 9.64. The fraction of sp³-hybridized carbons (Fsp3) is 0.381. The van der Waals surface area contributed by atoms with Crippen molar-refractivity contribution in [3.05, 3.63) is 36.3 Å². The minimum atomic E-state index is -2.98. The maximum absolute atomic E-state index is 13.0. The zero-order chi connectivity index (χ0) is 22.2. The van der Waals surface area contributed by atoms with E-state index >= 15 is 0 Å². The maximum atomic E-state index is 13.0. The highest BCUT2D eigenvalue weighted by molar-refractivity contribution is 5.98. The Morgan fingerprint density at radius 3 is 2.81 bits per heavy atom. The van der Waals surface area contributed by atoms with E-state index in [4.69, 9.17) is 19.2 Å². The molecule has 4 heterocycles. The van der Waals surface area contributed by atoms with Crippen molar-refractivity contribution in [1.82, 2.24) is 14.5 Å². The largest absolute Gasteiger partial charge is 0.435 e. The number of carbonyl (C=O) groups excluding carboxylic acids is 1. The van der Waals surface area contributed by atoms with Crippen LogP contribution in [0.2, 0.25) is 0 Å². The van der Waals surface area contributed by atoms with E-state index in [0.717, 1.165) is 10.9 Å². The van der Waals surface area contributed by atoms with Crippen LogP contribution in [-0.4, -0.2) is 47.4 Å². The fourth-order valence-electron chi connectivity index (χ4n) is 3.79. The van der Waals surface area contributed by atoms with Crippen molar-refractivity contribution in [2.75, 3.05) is 25.6 Å². The number of halogens is 2. The lowest BCUT2D eigenvalue weighted by Crippen LogP contribution is -2.30. The number of alkyl halides is 2. The Kier molecular flexibility index (Phi) is 5.59. The van der Waals surface area contributed by atoms with Gasteiger partial charge in [-0.3, -0.25) is 4.79 Å². The second kappa shape index (κ2) is 8.20. The van der Waals surface area contributed by atoms with E-state index in [9.17, 15) is 13.6 Å². The summed E-state index contributed by atoms with van der Waals surface area (Å²) in [6.07, 6.45) is 4.00. The second-order valence-electron chi connectivity index (χ2n) is 7.37. The van der Waals surface area contributed by atoms with Gasteiger partial charge in [-0.15, -0.1) is 0 Å². The van der Waals surface area contributed by atoms with Gasteiger partial charge < -0.3 is 24.1 Å². The molecule has 31 heavy (non-hydrogen) atoms. The lowest BCUT2D eigenvalue weighted by molar-refractivity contribution is -0.114. The van der Waals surface area contributed by atoms with Crippen LogP contribution in [0.1, 0.15) is 19.0 Å². The van der Waals surface area contributed by atoms with Crippen LogP contribution in [0, 0.1) is 0 Å². The molecular formula is C21H22F2N4O4. The van der Waals surface area contributed by atoms with Crippen LogP contribution in [0.25, 0.3) is 22.2 Å². The average Bonchev–Trinajstić information content (AvgIpc) is 3.32. The topological polar surface area (TPSA) is 87.5 Å². The summed E-state index contributed by atoms with van der Waals surface area (Å²) in [5, 5.41) is 3.41. The van der Waals surface area contributed by atoms with Gasteiger partial charge in [0.05, 0.1) is 29.7 Å². The monoisotopic (exact) mass is 432 g/mol. The van der Waals surface area contributed by atoms with Crippen LogP contribution in [0.4, 0.5) is 14.6 Å². The molecule has 1 fully saturated rings. The summed E-state index contributed by atoms with van der Waals surface area (Å²) in [5.74, 6) is 0.108. The Hall–Kier alpha value is -3.11. The number of hydrogen-bond donors (Lipinski definition) is 1. The molecule has 8 nitrogen and oxygen atoms in total. The molecule has 1 aliphatic rings. The minimum absolute atomic E-state index is 0.0218. The first kappa shape index (κ1) is 21.1. The van der Waals surface area contributed by atoms with Crippen molar-refractivity contribution in [2.45, 2.75) is 25.6 Å². The van der Waals surface area contributed by atoms with Crippen LogP contribution in [0.3, 0.4) is 0 Å². The lowest BCUT2D eigenvalue weighted by atomic mass is 9.96. The first-order valence-electron chi connectivity index (χ1n) is 9.64. The number of aryl methyl sites for hydroxylation is 1. The number of hydrogen-bond acceptors (Lipinski definition) is 6. The molecular weight excluding hydrogens is 410 g/mol. The molecule has 0 aromatic carbocycles. The molecule has 1 atom stereocenters. The van der Waals surface area contributed by atoms with Gasteiger partial charge in [-0.05, 0) is 6.07 Å². The van der Waals surface area contributed by atoms with Crippen LogP contribution < -0.4 is 10.1 Å². The number of rotatable bonds is 6. The van der Waals surface area contributed by atoms with Gasteiger partial charge >= 0.3 is 6.61 Å². The highest BCUT2D eigenvalue weighted by Gasteiger charge is 2.39. The van der Waals surface area contributed by atoms with Gasteiger partial charge in [-0.1, -0.05) is 0 Å². The molecule has 1 unspecified atom stereocenters. The summed E-state index contributed by atoms with van der Waals surface area (Å²) in [6.45, 7) is -0.847. The molecule has 0 bridgehead atoms. The number of nitrogens with zero attached hydrogens (tertiary/aromatic N) is 3. The Labute approximate surface area is 177 Å². The molecule has 164 valence electrons. The van der Waals surface area contributed by atoms with Gasteiger partial charge in [0.1, 0.15) is 17.2 Å². The standard InChI is InChI=1S/C21H22F2N4O4/c1-12(28)25-19-8-14-15(10-27(2)17(14)9-24-19)16-6-13(31-20(22)23)7-18(26-16)21(29-3)4-5-30-11-21/h6-10,20H,4-5,11H2,1-3H3,(H,24,25,28). The molecule has 10 heteroatoms. The molecule has 0 aliphatic carbocycles. The van der Waals surface area contributed by atoms with Crippen molar-refractivity contribution in [3.8, 4) is 17.0 Å². The Balaban J connectivity index is 1.89. The third-order valence-electron chi connectivity index (χ3n) is 5.32. The Bertz CT molecular complexity index is 1130. The molecule has 0 radical (unpaired) electrons. The summed E-state index contributed by atoms with van der Waals surface area (Å²) in [6, 6.07) is 4.64. The normalized spacial score (nSPS) is 18.6. The molecule has 3 aromatic heterocycles. The molecule has 1 saturated heterocycles. The average molecular weight is 432 g/mol.